The van der Waals surface area contributed by atoms with E-state index in [-0.39, 0.29) is 17.1 Å². The number of aromatic nitrogens is 1. The first-order chi connectivity index (χ1) is 12.3. The molecule has 0 spiro atoms. The van der Waals surface area contributed by atoms with Crippen molar-refractivity contribution in [3.05, 3.63) is 17.0 Å². The highest BCUT2D eigenvalue weighted by Crippen LogP contribution is 2.25. The normalized spacial score (nSPS) is 16.2. The molecule has 0 aromatic carbocycles. The van der Waals surface area contributed by atoms with Crippen molar-refractivity contribution >= 4 is 16.0 Å². The molecule has 0 aliphatic heterocycles. The molecule has 1 heterocycles. The van der Waals surface area contributed by atoms with Crippen molar-refractivity contribution in [2.24, 2.45) is 0 Å². The first-order valence-electron chi connectivity index (χ1n) is 9.34. The number of carbonyl (C=O) groups excluding carboxylic acids is 1. The van der Waals surface area contributed by atoms with E-state index in [2.05, 4.69) is 14.6 Å². The molecule has 1 fully saturated rings. The Labute approximate surface area is 156 Å². The zero-order chi connectivity index (χ0) is 19.3. The van der Waals surface area contributed by atoms with E-state index in [1.54, 1.807) is 20.8 Å². The Morgan fingerprint density at radius 3 is 2.50 bits per heavy atom. The van der Waals surface area contributed by atoms with Crippen molar-refractivity contribution < 1.29 is 17.9 Å². The van der Waals surface area contributed by atoms with Crippen LogP contribution in [0.3, 0.4) is 0 Å². The van der Waals surface area contributed by atoms with Gasteiger partial charge in [0.2, 0.25) is 10.0 Å². The predicted octanol–water partition coefficient (Wildman–Crippen LogP) is 2.35. The quantitative estimate of drug-likeness (QED) is 0.670. The van der Waals surface area contributed by atoms with Crippen LogP contribution in [0.5, 0.6) is 0 Å². The predicted molar refractivity (Wildman–Crippen MR) is 101 cm³/mol. The highest BCUT2D eigenvalue weighted by molar-refractivity contribution is 7.89. The average molecular weight is 386 g/mol. The molecule has 2 N–H and O–H groups in total. The summed E-state index contributed by atoms with van der Waals surface area (Å²) in [5.74, 6) is -0.617. The van der Waals surface area contributed by atoms with Crippen molar-refractivity contribution in [2.45, 2.75) is 63.8 Å². The third-order valence-electron chi connectivity index (χ3n) is 5.02. The molecular formula is C18H31N3O4S. The molecule has 1 aliphatic rings. The Hall–Kier alpha value is -1.38. The third kappa shape index (κ3) is 4.86. The number of H-pyrrole nitrogens is 1. The number of aromatic amines is 1. The summed E-state index contributed by atoms with van der Waals surface area (Å²) in [5, 5.41) is 0. The van der Waals surface area contributed by atoms with Gasteiger partial charge in [0.05, 0.1) is 6.61 Å². The number of hydrogen-bond acceptors (Lipinski definition) is 5. The van der Waals surface area contributed by atoms with Crippen molar-refractivity contribution in [2.75, 3.05) is 26.7 Å². The Bertz CT molecular complexity index is 721. The molecule has 7 nitrogen and oxygen atoms in total. The summed E-state index contributed by atoms with van der Waals surface area (Å²) < 4.78 is 33.3. The van der Waals surface area contributed by atoms with Crippen molar-refractivity contribution in [1.29, 1.82) is 0 Å². The number of likely N-dealkylation sites (N-methyl/N-ethyl adjacent to an activating group) is 1. The van der Waals surface area contributed by atoms with Crippen LogP contribution >= 0.6 is 0 Å². The summed E-state index contributed by atoms with van der Waals surface area (Å²) in [5.41, 5.74) is 1.04. The highest BCUT2D eigenvalue weighted by atomic mass is 32.2. The number of sulfonamides is 1. The molecule has 1 aliphatic carbocycles. The van der Waals surface area contributed by atoms with E-state index in [0.29, 0.717) is 30.5 Å². The number of aryl methyl sites for hydroxylation is 2. The highest BCUT2D eigenvalue weighted by Gasteiger charge is 2.29. The minimum absolute atomic E-state index is 0.00577. The van der Waals surface area contributed by atoms with Crippen LogP contribution in [-0.4, -0.2) is 57.1 Å². The van der Waals surface area contributed by atoms with Gasteiger partial charge in [-0.2, -0.15) is 0 Å². The van der Waals surface area contributed by atoms with Gasteiger partial charge in [0, 0.05) is 30.5 Å². The van der Waals surface area contributed by atoms with Gasteiger partial charge in [-0.05, 0) is 40.7 Å². The van der Waals surface area contributed by atoms with E-state index < -0.39 is 16.0 Å². The molecule has 0 amide bonds. The van der Waals surface area contributed by atoms with E-state index in [1.165, 1.54) is 32.1 Å². The number of esters is 1. The molecule has 2 rings (SSSR count). The maximum absolute atomic E-state index is 12.8. The second-order valence-corrected chi connectivity index (χ2v) is 8.67. The van der Waals surface area contributed by atoms with Gasteiger partial charge in [-0.3, -0.25) is 0 Å². The zero-order valence-electron chi connectivity index (χ0n) is 16.2. The Balaban J connectivity index is 2.06. The monoisotopic (exact) mass is 385 g/mol. The van der Waals surface area contributed by atoms with Gasteiger partial charge in [0.1, 0.15) is 10.5 Å². The molecular weight excluding hydrogens is 354 g/mol. The lowest BCUT2D eigenvalue weighted by molar-refractivity contribution is 0.0521. The molecule has 0 radical (unpaired) electrons. The topological polar surface area (TPSA) is 91.5 Å². The smallest absolute Gasteiger partial charge is 0.341 e. The van der Waals surface area contributed by atoms with E-state index in [1.807, 2.05) is 7.05 Å². The number of carbonyl (C=O) groups is 1. The molecule has 26 heavy (non-hydrogen) atoms. The van der Waals surface area contributed by atoms with Crippen LogP contribution in [0.1, 0.15) is 60.8 Å². The summed E-state index contributed by atoms with van der Waals surface area (Å²) in [7, 11) is -1.76. The SMILES string of the molecule is CCOC(=O)c1c(C)[nH]c(C)c1S(=O)(=O)NCCN(C)C1CCCCC1. The fourth-order valence-electron chi connectivity index (χ4n) is 3.68. The third-order valence-corrected chi connectivity index (χ3v) is 6.65. The van der Waals surface area contributed by atoms with Crippen molar-refractivity contribution in [1.82, 2.24) is 14.6 Å². The van der Waals surface area contributed by atoms with Crippen LogP contribution in [0.25, 0.3) is 0 Å². The van der Waals surface area contributed by atoms with Gasteiger partial charge >= 0.3 is 5.97 Å². The molecule has 8 heteroatoms. The summed E-state index contributed by atoms with van der Waals surface area (Å²) >= 11 is 0. The molecule has 148 valence electrons. The maximum atomic E-state index is 12.8. The van der Waals surface area contributed by atoms with Crippen LogP contribution < -0.4 is 4.72 Å². The summed E-state index contributed by atoms with van der Waals surface area (Å²) in [6.07, 6.45) is 6.12. The van der Waals surface area contributed by atoms with Gasteiger partial charge in [-0.25, -0.2) is 17.9 Å². The van der Waals surface area contributed by atoms with E-state index in [4.69, 9.17) is 4.74 Å². The standard InChI is InChI=1S/C18H31N3O4S/c1-5-25-18(22)16-13(2)20-14(3)17(16)26(23,24)19-11-12-21(4)15-9-7-6-8-10-15/h15,19-20H,5-12H2,1-4H3. The van der Waals surface area contributed by atoms with Crippen LogP contribution in [0.2, 0.25) is 0 Å². The van der Waals surface area contributed by atoms with Gasteiger partial charge in [0.25, 0.3) is 0 Å². The number of nitrogens with zero attached hydrogens (tertiary/aromatic N) is 1. The molecule has 0 bridgehead atoms. The van der Waals surface area contributed by atoms with Crippen molar-refractivity contribution in [3.63, 3.8) is 0 Å². The summed E-state index contributed by atoms with van der Waals surface area (Å²) in [6, 6.07) is 0.527. The van der Waals surface area contributed by atoms with Crippen LogP contribution in [0.15, 0.2) is 4.90 Å². The minimum atomic E-state index is -3.80. The van der Waals surface area contributed by atoms with E-state index >= 15 is 0 Å². The van der Waals surface area contributed by atoms with Crippen LogP contribution in [-0.2, 0) is 14.8 Å². The fourth-order valence-corrected chi connectivity index (χ4v) is 5.14. The van der Waals surface area contributed by atoms with Crippen LogP contribution in [0.4, 0.5) is 0 Å². The number of hydrogen-bond donors (Lipinski definition) is 2. The zero-order valence-corrected chi connectivity index (χ0v) is 17.0. The first kappa shape index (κ1) is 20.9. The lowest BCUT2D eigenvalue weighted by Crippen LogP contribution is -2.39. The second-order valence-electron chi connectivity index (χ2n) is 6.97. The molecule has 1 saturated carbocycles. The maximum Gasteiger partial charge on any atom is 0.341 e. The molecule has 1 aromatic rings. The van der Waals surface area contributed by atoms with Gasteiger partial charge in [-0.15, -0.1) is 0 Å². The number of ether oxygens (including phenoxy) is 1. The van der Waals surface area contributed by atoms with Gasteiger partial charge in [-0.1, -0.05) is 19.3 Å². The molecule has 0 unspecified atom stereocenters. The second kappa shape index (κ2) is 9.01. The lowest BCUT2D eigenvalue weighted by atomic mass is 9.94. The molecule has 0 saturated heterocycles. The van der Waals surface area contributed by atoms with Crippen molar-refractivity contribution in [3.8, 4) is 0 Å². The van der Waals surface area contributed by atoms with Crippen LogP contribution in [0, 0.1) is 13.8 Å². The average Bonchev–Trinajstić information content (AvgIpc) is 2.90. The molecule has 1 aromatic heterocycles. The summed E-state index contributed by atoms with van der Waals surface area (Å²) in [6.45, 7) is 6.16. The summed E-state index contributed by atoms with van der Waals surface area (Å²) in [4.78, 5) is 17.4. The minimum Gasteiger partial charge on any atom is -0.462 e. The number of rotatable bonds is 8. The van der Waals surface area contributed by atoms with Gasteiger partial charge in [0.15, 0.2) is 0 Å². The Morgan fingerprint density at radius 2 is 1.88 bits per heavy atom. The first-order valence-corrected chi connectivity index (χ1v) is 10.8. The Kier molecular flexibility index (Phi) is 7.25. The van der Waals surface area contributed by atoms with Gasteiger partial charge < -0.3 is 14.6 Å². The Morgan fingerprint density at radius 1 is 1.23 bits per heavy atom. The molecule has 0 atom stereocenters. The number of nitrogens with one attached hydrogen (secondary N) is 2. The van der Waals surface area contributed by atoms with E-state index in [0.717, 1.165) is 0 Å². The lowest BCUT2D eigenvalue weighted by Gasteiger charge is -2.31. The van der Waals surface area contributed by atoms with E-state index in [9.17, 15) is 13.2 Å². The largest absolute Gasteiger partial charge is 0.462 e. The fraction of sp³-hybridized carbons (Fsp3) is 0.722.